The van der Waals surface area contributed by atoms with Gasteiger partial charge < -0.3 is 10.4 Å². The number of aliphatic hydroxyl groups is 1. The second-order valence-corrected chi connectivity index (χ2v) is 5.71. The predicted octanol–water partition coefficient (Wildman–Crippen LogP) is 3.20. The molecule has 18 heavy (non-hydrogen) atoms. The zero-order valence-electron chi connectivity index (χ0n) is 11.6. The van der Waals surface area contributed by atoms with Crippen LogP contribution in [-0.4, -0.2) is 17.3 Å². The first-order valence-corrected chi connectivity index (χ1v) is 7.12. The highest BCUT2D eigenvalue weighted by atomic mass is 16.3. The lowest BCUT2D eigenvalue weighted by molar-refractivity contribution is 0.214. The summed E-state index contributed by atoms with van der Waals surface area (Å²) in [6, 6.07) is 8.77. The Kier molecular flexibility index (Phi) is 4.41. The summed E-state index contributed by atoms with van der Waals surface area (Å²) in [4.78, 5) is 0. The highest BCUT2D eigenvalue weighted by molar-refractivity contribution is 5.33. The Bertz CT molecular complexity index is 386. The molecule has 1 fully saturated rings. The summed E-state index contributed by atoms with van der Waals surface area (Å²) in [5.41, 5.74) is 3.00. The van der Waals surface area contributed by atoms with E-state index < -0.39 is 0 Å². The van der Waals surface area contributed by atoms with Crippen molar-refractivity contribution in [2.45, 2.75) is 57.5 Å². The number of nitrogens with one attached hydrogen (secondary N) is 1. The van der Waals surface area contributed by atoms with Crippen molar-refractivity contribution in [2.75, 3.05) is 6.61 Å². The molecule has 1 saturated carbocycles. The molecule has 100 valence electrons. The monoisotopic (exact) mass is 247 g/mol. The smallest absolute Gasteiger partial charge is 0.0448 e. The van der Waals surface area contributed by atoms with Gasteiger partial charge in [0.15, 0.2) is 0 Å². The summed E-state index contributed by atoms with van der Waals surface area (Å²) >= 11 is 0. The van der Waals surface area contributed by atoms with Crippen LogP contribution in [0.25, 0.3) is 0 Å². The third kappa shape index (κ3) is 3.33. The van der Waals surface area contributed by atoms with E-state index in [1.807, 2.05) is 0 Å². The fraction of sp³-hybridized carbons (Fsp3) is 0.625. The average molecular weight is 247 g/mol. The molecule has 1 aromatic rings. The van der Waals surface area contributed by atoms with Crippen molar-refractivity contribution >= 4 is 0 Å². The first-order chi connectivity index (χ1) is 8.68. The van der Waals surface area contributed by atoms with E-state index in [1.54, 1.807) is 0 Å². The molecule has 2 nitrogen and oxygen atoms in total. The quantitative estimate of drug-likeness (QED) is 0.775. The minimum absolute atomic E-state index is 0.0470. The molecular formula is C16H25NO. The topological polar surface area (TPSA) is 32.3 Å². The highest BCUT2D eigenvalue weighted by Gasteiger charge is 2.26. The van der Waals surface area contributed by atoms with Gasteiger partial charge in [0.1, 0.15) is 0 Å². The van der Waals surface area contributed by atoms with E-state index in [9.17, 15) is 0 Å². The molecule has 1 atom stereocenters. The van der Waals surface area contributed by atoms with Crippen molar-refractivity contribution in [3.8, 4) is 0 Å². The summed E-state index contributed by atoms with van der Waals surface area (Å²) < 4.78 is 0. The summed E-state index contributed by atoms with van der Waals surface area (Å²) in [6.07, 6.45) is 4.55. The normalized spacial score (nSPS) is 18.6. The maximum absolute atomic E-state index is 9.14. The lowest BCUT2D eigenvalue weighted by atomic mass is 9.94. The fourth-order valence-electron chi connectivity index (χ4n) is 2.43. The van der Waals surface area contributed by atoms with Crippen LogP contribution in [0.5, 0.6) is 0 Å². The molecule has 0 spiro atoms. The maximum atomic E-state index is 9.14. The number of hydrogen-bond donors (Lipinski definition) is 2. The number of aliphatic hydroxyl groups excluding tert-OH is 1. The van der Waals surface area contributed by atoms with Crippen molar-refractivity contribution in [2.24, 2.45) is 0 Å². The van der Waals surface area contributed by atoms with Gasteiger partial charge in [-0.15, -0.1) is 0 Å². The molecule has 0 saturated heterocycles. The molecule has 2 heteroatoms. The molecule has 0 bridgehead atoms. The van der Waals surface area contributed by atoms with E-state index in [0.29, 0.717) is 0 Å². The SMILES string of the molecule is CCC(C)(CCO)NCc1ccccc1C1CC1. The second-order valence-electron chi connectivity index (χ2n) is 5.71. The van der Waals surface area contributed by atoms with Gasteiger partial charge in [0.25, 0.3) is 0 Å². The minimum atomic E-state index is 0.0470. The summed E-state index contributed by atoms with van der Waals surface area (Å²) in [5, 5.41) is 12.8. The third-order valence-electron chi connectivity index (χ3n) is 4.22. The summed E-state index contributed by atoms with van der Waals surface area (Å²) in [7, 11) is 0. The van der Waals surface area contributed by atoms with Crippen LogP contribution >= 0.6 is 0 Å². The molecular weight excluding hydrogens is 222 g/mol. The van der Waals surface area contributed by atoms with Crippen molar-refractivity contribution in [1.29, 1.82) is 0 Å². The van der Waals surface area contributed by atoms with Gasteiger partial charge in [-0.1, -0.05) is 31.2 Å². The van der Waals surface area contributed by atoms with Crippen LogP contribution in [-0.2, 0) is 6.54 Å². The molecule has 1 aliphatic carbocycles. The van der Waals surface area contributed by atoms with E-state index in [4.69, 9.17) is 5.11 Å². The standard InChI is InChI=1S/C16H25NO/c1-3-16(2,10-11-18)17-12-14-6-4-5-7-15(14)13-8-9-13/h4-7,13,17-18H,3,8-12H2,1-2H3. The number of hydrogen-bond acceptors (Lipinski definition) is 2. The Hall–Kier alpha value is -0.860. The van der Waals surface area contributed by atoms with Gasteiger partial charge in [-0.25, -0.2) is 0 Å². The third-order valence-corrected chi connectivity index (χ3v) is 4.22. The van der Waals surface area contributed by atoms with Gasteiger partial charge in [-0.2, -0.15) is 0 Å². The van der Waals surface area contributed by atoms with Crippen LogP contribution in [0.2, 0.25) is 0 Å². The molecule has 2 rings (SSSR count). The Morgan fingerprint density at radius 3 is 2.67 bits per heavy atom. The van der Waals surface area contributed by atoms with E-state index in [0.717, 1.165) is 25.3 Å². The van der Waals surface area contributed by atoms with E-state index in [1.165, 1.54) is 24.0 Å². The Labute approximate surface area is 110 Å². The van der Waals surface area contributed by atoms with Crippen molar-refractivity contribution in [1.82, 2.24) is 5.32 Å². The molecule has 2 N–H and O–H groups in total. The minimum Gasteiger partial charge on any atom is -0.396 e. The fourth-order valence-corrected chi connectivity index (χ4v) is 2.43. The van der Waals surface area contributed by atoms with E-state index in [-0.39, 0.29) is 12.1 Å². The van der Waals surface area contributed by atoms with Crippen LogP contribution in [0.15, 0.2) is 24.3 Å². The lowest BCUT2D eigenvalue weighted by Gasteiger charge is -2.29. The molecule has 1 unspecified atom stereocenters. The largest absolute Gasteiger partial charge is 0.396 e. The molecule has 0 aromatic heterocycles. The predicted molar refractivity (Wildman–Crippen MR) is 75.7 cm³/mol. The van der Waals surface area contributed by atoms with Crippen molar-refractivity contribution in [3.05, 3.63) is 35.4 Å². The molecule has 1 aromatic carbocycles. The van der Waals surface area contributed by atoms with E-state index in [2.05, 4.69) is 43.4 Å². The van der Waals surface area contributed by atoms with Gasteiger partial charge >= 0.3 is 0 Å². The van der Waals surface area contributed by atoms with Gasteiger partial charge in [0, 0.05) is 18.7 Å². The highest BCUT2D eigenvalue weighted by Crippen LogP contribution is 2.41. The molecule has 0 aliphatic heterocycles. The molecule has 0 radical (unpaired) electrons. The lowest BCUT2D eigenvalue weighted by Crippen LogP contribution is -2.42. The first kappa shape index (κ1) is 13.6. The van der Waals surface area contributed by atoms with Crippen LogP contribution < -0.4 is 5.32 Å². The summed E-state index contributed by atoms with van der Waals surface area (Å²) in [6.45, 7) is 5.54. The second kappa shape index (κ2) is 5.85. The Morgan fingerprint density at radius 2 is 2.06 bits per heavy atom. The van der Waals surface area contributed by atoms with Crippen molar-refractivity contribution < 1.29 is 5.11 Å². The van der Waals surface area contributed by atoms with Crippen LogP contribution in [0, 0.1) is 0 Å². The Balaban J connectivity index is 2.01. The van der Waals surface area contributed by atoms with Crippen LogP contribution in [0.4, 0.5) is 0 Å². The van der Waals surface area contributed by atoms with Crippen LogP contribution in [0.1, 0.15) is 56.6 Å². The van der Waals surface area contributed by atoms with Crippen LogP contribution in [0.3, 0.4) is 0 Å². The van der Waals surface area contributed by atoms with Gasteiger partial charge in [-0.05, 0) is 49.7 Å². The molecule has 0 heterocycles. The Morgan fingerprint density at radius 1 is 1.33 bits per heavy atom. The van der Waals surface area contributed by atoms with E-state index >= 15 is 0 Å². The van der Waals surface area contributed by atoms with Crippen molar-refractivity contribution in [3.63, 3.8) is 0 Å². The zero-order chi connectivity index (χ0) is 13.0. The van der Waals surface area contributed by atoms with Gasteiger partial charge in [0.2, 0.25) is 0 Å². The first-order valence-electron chi connectivity index (χ1n) is 7.12. The average Bonchev–Trinajstić information content (AvgIpc) is 3.21. The maximum Gasteiger partial charge on any atom is 0.0448 e. The summed E-state index contributed by atoms with van der Waals surface area (Å²) in [5.74, 6) is 0.800. The molecule has 0 amide bonds. The molecule has 1 aliphatic rings. The number of benzene rings is 1. The van der Waals surface area contributed by atoms with Gasteiger partial charge in [0.05, 0.1) is 0 Å². The number of rotatable bonds is 7. The zero-order valence-corrected chi connectivity index (χ0v) is 11.6. The van der Waals surface area contributed by atoms with Gasteiger partial charge in [-0.3, -0.25) is 0 Å².